The summed E-state index contributed by atoms with van der Waals surface area (Å²) in [6, 6.07) is 7.42. The molecule has 1 heterocycles. The minimum Gasteiger partial charge on any atom is -0.346 e. The number of carbonyl (C=O) groups is 1. The lowest BCUT2D eigenvalue weighted by Crippen LogP contribution is -2.36. The van der Waals surface area contributed by atoms with E-state index in [1.165, 1.54) is 22.8 Å². The number of halogens is 2. The first kappa shape index (κ1) is 18.5. The molecule has 1 aromatic heterocycles. The predicted octanol–water partition coefficient (Wildman–Crippen LogP) is 2.48. The number of aromatic nitrogens is 2. The van der Waals surface area contributed by atoms with Crippen LogP contribution in [0.4, 0.5) is 8.78 Å². The maximum absolute atomic E-state index is 13.4. The molecule has 0 aliphatic carbocycles. The number of carbonyl (C=O) groups excluding carboxylic acids is 1. The molecule has 1 unspecified atom stereocenters. The number of fused-ring (bicyclic) bond motifs is 1. The van der Waals surface area contributed by atoms with Gasteiger partial charge in [-0.05, 0) is 49.7 Å². The molecule has 27 heavy (non-hydrogen) atoms. The third-order valence-electron chi connectivity index (χ3n) is 4.34. The fourth-order valence-corrected chi connectivity index (χ4v) is 2.88. The Bertz CT molecular complexity index is 1150. The van der Waals surface area contributed by atoms with Crippen molar-refractivity contribution in [3.63, 3.8) is 0 Å². The van der Waals surface area contributed by atoms with Crippen molar-refractivity contribution in [1.29, 1.82) is 0 Å². The lowest BCUT2D eigenvalue weighted by Gasteiger charge is -2.15. The molecule has 0 saturated carbocycles. The first-order valence-electron chi connectivity index (χ1n) is 8.34. The van der Waals surface area contributed by atoms with Crippen molar-refractivity contribution in [2.24, 2.45) is 0 Å². The lowest BCUT2D eigenvalue weighted by molar-refractivity contribution is 0.0940. The quantitative estimate of drug-likeness (QED) is 0.689. The molecule has 3 aromatic rings. The number of rotatable bonds is 4. The summed E-state index contributed by atoms with van der Waals surface area (Å²) in [6.07, 6.45) is 0. The summed E-state index contributed by atoms with van der Waals surface area (Å²) in [5.74, 6) is -2.41. The van der Waals surface area contributed by atoms with Gasteiger partial charge < -0.3 is 14.9 Å². The molecule has 0 radical (unpaired) electrons. The minimum atomic E-state index is -0.991. The summed E-state index contributed by atoms with van der Waals surface area (Å²) in [5.41, 5.74) is 0.110. The van der Waals surface area contributed by atoms with Crippen LogP contribution in [0.2, 0.25) is 0 Å². The van der Waals surface area contributed by atoms with Crippen LogP contribution in [-0.2, 0) is 6.54 Å². The molecule has 0 aliphatic heterocycles. The Labute approximate surface area is 152 Å². The summed E-state index contributed by atoms with van der Waals surface area (Å²) in [4.78, 5) is 38.6. The van der Waals surface area contributed by atoms with E-state index in [9.17, 15) is 23.2 Å². The van der Waals surface area contributed by atoms with Crippen LogP contribution in [0.15, 0.2) is 46.0 Å². The van der Waals surface area contributed by atoms with Gasteiger partial charge in [0.2, 0.25) is 0 Å². The summed E-state index contributed by atoms with van der Waals surface area (Å²) in [7, 11) is 0. The molecule has 140 valence electrons. The standard InChI is InChI=1S/C19H17F2N3O3/c1-3-24-16-7-5-12(9-15(16)23-18(26)19(24)27)17(25)22-10(2)11-4-6-13(20)14(21)8-11/h4-10H,3H2,1-2H3,(H,22,25)(H,23,26). The zero-order valence-electron chi connectivity index (χ0n) is 14.7. The molecular formula is C19H17F2N3O3. The summed E-state index contributed by atoms with van der Waals surface area (Å²) < 4.78 is 27.7. The largest absolute Gasteiger partial charge is 0.346 e. The molecule has 0 aliphatic rings. The van der Waals surface area contributed by atoms with Crippen LogP contribution in [0.5, 0.6) is 0 Å². The Balaban J connectivity index is 1.91. The van der Waals surface area contributed by atoms with Crippen molar-refractivity contribution in [3.05, 3.63) is 79.9 Å². The van der Waals surface area contributed by atoms with Crippen molar-refractivity contribution in [1.82, 2.24) is 14.9 Å². The Morgan fingerprint density at radius 2 is 1.89 bits per heavy atom. The highest BCUT2D eigenvalue weighted by Gasteiger charge is 2.15. The lowest BCUT2D eigenvalue weighted by atomic mass is 10.1. The molecule has 3 rings (SSSR count). The van der Waals surface area contributed by atoms with Crippen LogP contribution in [-0.4, -0.2) is 15.5 Å². The fourth-order valence-electron chi connectivity index (χ4n) is 2.88. The number of H-pyrrole nitrogens is 1. The van der Waals surface area contributed by atoms with Gasteiger partial charge in [0, 0.05) is 12.1 Å². The maximum atomic E-state index is 13.4. The van der Waals surface area contributed by atoms with Gasteiger partial charge >= 0.3 is 11.1 Å². The zero-order valence-corrected chi connectivity index (χ0v) is 14.7. The minimum absolute atomic E-state index is 0.258. The number of aryl methyl sites for hydroxylation is 1. The van der Waals surface area contributed by atoms with E-state index in [0.29, 0.717) is 23.1 Å². The average molecular weight is 373 g/mol. The third kappa shape index (κ3) is 3.51. The van der Waals surface area contributed by atoms with E-state index in [1.807, 2.05) is 0 Å². The second kappa shape index (κ2) is 7.14. The van der Waals surface area contributed by atoms with E-state index in [0.717, 1.165) is 12.1 Å². The van der Waals surface area contributed by atoms with Crippen LogP contribution >= 0.6 is 0 Å². The van der Waals surface area contributed by atoms with Gasteiger partial charge in [0.1, 0.15) is 0 Å². The first-order valence-corrected chi connectivity index (χ1v) is 8.34. The van der Waals surface area contributed by atoms with Gasteiger partial charge in [-0.1, -0.05) is 6.07 Å². The molecule has 6 nitrogen and oxygen atoms in total. The Morgan fingerprint density at radius 1 is 1.15 bits per heavy atom. The average Bonchev–Trinajstić information content (AvgIpc) is 2.64. The Hall–Kier alpha value is -3.29. The monoisotopic (exact) mass is 373 g/mol. The maximum Gasteiger partial charge on any atom is 0.316 e. The Kier molecular flexibility index (Phi) is 4.89. The van der Waals surface area contributed by atoms with Crippen molar-refractivity contribution in [2.75, 3.05) is 0 Å². The van der Waals surface area contributed by atoms with Gasteiger partial charge in [0.25, 0.3) is 5.91 Å². The molecule has 0 bridgehead atoms. The second-order valence-electron chi connectivity index (χ2n) is 6.10. The van der Waals surface area contributed by atoms with Gasteiger partial charge in [-0.25, -0.2) is 8.78 Å². The molecule has 1 atom stereocenters. The van der Waals surface area contributed by atoms with Crippen molar-refractivity contribution < 1.29 is 13.6 Å². The summed E-state index contributed by atoms with van der Waals surface area (Å²) in [5, 5.41) is 2.69. The van der Waals surface area contributed by atoms with Crippen LogP contribution < -0.4 is 16.4 Å². The molecule has 0 spiro atoms. The van der Waals surface area contributed by atoms with Crippen LogP contribution in [0, 0.1) is 11.6 Å². The topological polar surface area (TPSA) is 84.0 Å². The molecule has 0 fully saturated rings. The number of amides is 1. The fraction of sp³-hybridized carbons (Fsp3) is 0.211. The van der Waals surface area contributed by atoms with E-state index < -0.39 is 34.7 Å². The van der Waals surface area contributed by atoms with E-state index >= 15 is 0 Å². The molecule has 0 saturated heterocycles. The van der Waals surface area contributed by atoms with Crippen molar-refractivity contribution in [3.8, 4) is 0 Å². The number of hydrogen-bond acceptors (Lipinski definition) is 3. The van der Waals surface area contributed by atoms with Gasteiger partial charge in [-0.3, -0.25) is 14.4 Å². The molecule has 2 aromatic carbocycles. The summed E-state index contributed by atoms with van der Waals surface area (Å²) in [6.45, 7) is 3.70. The third-order valence-corrected chi connectivity index (χ3v) is 4.34. The van der Waals surface area contributed by atoms with Crippen LogP contribution in [0.25, 0.3) is 11.0 Å². The zero-order chi connectivity index (χ0) is 19.7. The number of nitrogens with zero attached hydrogens (tertiary/aromatic N) is 1. The van der Waals surface area contributed by atoms with E-state index in [-0.39, 0.29) is 5.56 Å². The van der Waals surface area contributed by atoms with E-state index in [2.05, 4.69) is 10.3 Å². The number of hydrogen-bond donors (Lipinski definition) is 2. The van der Waals surface area contributed by atoms with E-state index in [1.54, 1.807) is 19.9 Å². The molecule has 2 N–H and O–H groups in total. The van der Waals surface area contributed by atoms with Gasteiger partial charge in [0.05, 0.1) is 17.1 Å². The van der Waals surface area contributed by atoms with Crippen molar-refractivity contribution >= 4 is 16.9 Å². The molecular weight excluding hydrogens is 356 g/mol. The SMILES string of the molecule is CCn1c(=O)c(=O)[nH]c2cc(C(=O)NC(C)c3ccc(F)c(F)c3)ccc21. The highest BCUT2D eigenvalue weighted by molar-refractivity contribution is 5.97. The van der Waals surface area contributed by atoms with Crippen LogP contribution in [0.3, 0.4) is 0 Å². The first-order chi connectivity index (χ1) is 12.8. The normalized spacial score (nSPS) is 12.1. The van der Waals surface area contributed by atoms with Crippen LogP contribution in [0.1, 0.15) is 35.8 Å². The van der Waals surface area contributed by atoms with Gasteiger partial charge in [-0.15, -0.1) is 0 Å². The molecule has 8 heteroatoms. The highest BCUT2D eigenvalue weighted by Crippen LogP contribution is 2.17. The number of nitrogens with one attached hydrogen (secondary N) is 2. The number of benzene rings is 2. The molecule has 1 amide bonds. The van der Waals surface area contributed by atoms with Gasteiger partial charge in [-0.2, -0.15) is 0 Å². The predicted molar refractivity (Wildman–Crippen MR) is 96.7 cm³/mol. The second-order valence-corrected chi connectivity index (χ2v) is 6.10. The highest BCUT2D eigenvalue weighted by atomic mass is 19.2. The number of aromatic amines is 1. The summed E-state index contributed by atoms with van der Waals surface area (Å²) >= 11 is 0. The van der Waals surface area contributed by atoms with Crippen molar-refractivity contribution in [2.45, 2.75) is 26.4 Å². The smallest absolute Gasteiger partial charge is 0.316 e. The Morgan fingerprint density at radius 3 is 2.56 bits per heavy atom. The van der Waals surface area contributed by atoms with E-state index in [4.69, 9.17) is 0 Å². The van der Waals surface area contributed by atoms with Gasteiger partial charge in [0.15, 0.2) is 11.6 Å².